The normalized spacial score (nSPS) is 14.2. The number of anilines is 1. The molecule has 0 saturated carbocycles. The Labute approximate surface area is 184 Å². The highest BCUT2D eigenvalue weighted by molar-refractivity contribution is 5.69. The van der Waals surface area contributed by atoms with Crippen molar-refractivity contribution in [2.24, 2.45) is 0 Å². The van der Waals surface area contributed by atoms with Gasteiger partial charge in [0.05, 0.1) is 18.9 Å². The Balaban J connectivity index is 1.48. The van der Waals surface area contributed by atoms with Gasteiger partial charge in [-0.3, -0.25) is 4.98 Å². The Bertz CT molecular complexity index is 1360. The first kappa shape index (κ1) is 18.7. The largest absolute Gasteiger partial charge is 0.443 e. The van der Waals surface area contributed by atoms with E-state index in [9.17, 15) is 0 Å². The number of morpholine rings is 1. The summed E-state index contributed by atoms with van der Waals surface area (Å²) in [5, 5.41) is 4.84. The molecule has 1 aromatic carbocycles. The van der Waals surface area contributed by atoms with Gasteiger partial charge in [0.1, 0.15) is 23.5 Å². The van der Waals surface area contributed by atoms with E-state index >= 15 is 0 Å². The summed E-state index contributed by atoms with van der Waals surface area (Å²) in [5.74, 6) is 1.42. The van der Waals surface area contributed by atoms with Crippen LogP contribution in [0.2, 0.25) is 0 Å². The van der Waals surface area contributed by atoms with Crippen LogP contribution in [0.1, 0.15) is 0 Å². The molecule has 158 valence electrons. The van der Waals surface area contributed by atoms with Crippen molar-refractivity contribution in [1.29, 1.82) is 0 Å². The summed E-state index contributed by atoms with van der Waals surface area (Å²) in [5.41, 5.74) is 5.01. The first-order valence-corrected chi connectivity index (χ1v) is 10.5. The molecule has 1 saturated heterocycles. The summed E-state index contributed by atoms with van der Waals surface area (Å²) in [6, 6.07) is 17.8. The summed E-state index contributed by atoms with van der Waals surface area (Å²) in [6.45, 7) is 2.91. The van der Waals surface area contributed by atoms with Crippen LogP contribution in [0.5, 0.6) is 0 Å². The van der Waals surface area contributed by atoms with Crippen molar-refractivity contribution in [3.05, 3.63) is 73.3 Å². The van der Waals surface area contributed by atoms with Gasteiger partial charge in [0.25, 0.3) is 0 Å². The van der Waals surface area contributed by atoms with Crippen LogP contribution in [0.4, 0.5) is 5.82 Å². The SMILES string of the molecule is c1ccc(-c2coc(-c3cc(N4CCOCC4)n4nc(-c5ccncc5)cc4n3)n2)cc1. The Kier molecular flexibility index (Phi) is 4.62. The van der Waals surface area contributed by atoms with Crippen molar-refractivity contribution in [3.63, 3.8) is 0 Å². The number of rotatable bonds is 4. The number of pyridine rings is 1. The second kappa shape index (κ2) is 7.90. The van der Waals surface area contributed by atoms with Gasteiger partial charge in [-0.15, -0.1) is 0 Å². The molecule has 4 aromatic heterocycles. The molecule has 1 aliphatic heterocycles. The van der Waals surface area contributed by atoms with Crippen LogP contribution in [0, 0.1) is 0 Å². The highest BCUT2D eigenvalue weighted by atomic mass is 16.5. The third-order valence-electron chi connectivity index (χ3n) is 5.51. The lowest BCUT2D eigenvalue weighted by Crippen LogP contribution is -2.37. The van der Waals surface area contributed by atoms with Gasteiger partial charge < -0.3 is 14.1 Å². The lowest BCUT2D eigenvalue weighted by molar-refractivity contribution is 0.122. The van der Waals surface area contributed by atoms with E-state index in [-0.39, 0.29) is 0 Å². The summed E-state index contributed by atoms with van der Waals surface area (Å²) >= 11 is 0. The molecule has 0 aliphatic carbocycles. The molecular formula is C24H20N6O2. The van der Waals surface area contributed by atoms with Crippen molar-refractivity contribution in [1.82, 2.24) is 24.6 Å². The number of fused-ring (bicyclic) bond motifs is 1. The van der Waals surface area contributed by atoms with Crippen LogP contribution >= 0.6 is 0 Å². The van der Waals surface area contributed by atoms with Crippen molar-refractivity contribution in [2.75, 3.05) is 31.2 Å². The van der Waals surface area contributed by atoms with Gasteiger partial charge in [0, 0.05) is 48.7 Å². The average molecular weight is 424 g/mol. The second-order valence-corrected chi connectivity index (χ2v) is 7.54. The molecule has 0 amide bonds. The summed E-state index contributed by atoms with van der Waals surface area (Å²) < 4.78 is 13.3. The zero-order chi connectivity index (χ0) is 21.3. The van der Waals surface area contributed by atoms with E-state index in [0.29, 0.717) is 24.8 Å². The van der Waals surface area contributed by atoms with E-state index in [1.54, 1.807) is 18.7 Å². The van der Waals surface area contributed by atoms with E-state index in [4.69, 9.17) is 24.2 Å². The second-order valence-electron chi connectivity index (χ2n) is 7.54. The molecule has 0 spiro atoms. The predicted octanol–water partition coefficient (Wildman–Crippen LogP) is 3.95. The van der Waals surface area contributed by atoms with Crippen molar-refractivity contribution < 1.29 is 9.15 Å². The minimum Gasteiger partial charge on any atom is -0.443 e. The molecule has 8 nitrogen and oxygen atoms in total. The first-order valence-electron chi connectivity index (χ1n) is 10.5. The maximum Gasteiger partial charge on any atom is 0.245 e. The standard InChI is InChI=1S/C24H20N6O2/c1-2-4-17(5-3-1)21-16-32-24(27-21)20-15-23(29-10-12-31-13-11-29)30-22(26-20)14-19(28-30)18-6-8-25-9-7-18/h1-9,14-16H,10-13H2. The third kappa shape index (κ3) is 3.40. The number of aromatic nitrogens is 5. The third-order valence-corrected chi connectivity index (χ3v) is 5.51. The van der Waals surface area contributed by atoms with E-state index in [1.165, 1.54) is 0 Å². The van der Waals surface area contributed by atoms with Gasteiger partial charge in [-0.05, 0) is 12.1 Å². The quantitative estimate of drug-likeness (QED) is 0.432. The molecule has 0 N–H and O–H groups in total. The molecule has 5 heterocycles. The number of hydrogen-bond donors (Lipinski definition) is 0. The van der Waals surface area contributed by atoms with E-state index < -0.39 is 0 Å². The maximum atomic E-state index is 5.83. The number of benzene rings is 1. The Morgan fingerprint density at radius 1 is 0.781 bits per heavy atom. The van der Waals surface area contributed by atoms with Crippen molar-refractivity contribution in [3.8, 4) is 34.1 Å². The molecule has 1 fully saturated rings. The van der Waals surface area contributed by atoms with Gasteiger partial charge >= 0.3 is 0 Å². The van der Waals surface area contributed by atoms with Crippen LogP contribution < -0.4 is 4.90 Å². The molecule has 0 bridgehead atoms. The van der Waals surface area contributed by atoms with Gasteiger partial charge in [-0.25, -0.2) is 9.97 Å². The minimum absolute atomic E-state index is 0.479. The van der Waals surface area contributed by atoms with Gasteiger partial charge in [-0.1, -0.05) is 30.3 Å². The zero-order valence-corrected chi connectivity index (χ0v) is 17.3. The van der Waals surface area contributed by atoms with Crippen LogP contribution in [0.3, 0.4) is 0 Å². The smallest absolute Gasteiger partial charge is 0.245 e. The predicted molar refractivity (Wildman–Crippen MR) is 120 cm³/mol. The first-order chi connectivity index (χ1) is 15.8. The highest BCUT2D eigenvalue weighted by Crippen LogP contribution is 2.29. The molecule has 1 aliphatic rings. The van der Waals surface area contributed by atoms with Crippen LogP contribution in [-0.4, -0.2) is 50.9 Å². The fraction of sp³-hybridized carbons (Fsp3) is 0.167. The Morgan fingerprint density at radius 2 is 1.56 bits per heavy atom. The van der Waals surface area contributed by atoms with Crippen molar-refractivity contribution in [2.45, 2.75) is 0 Å². The van der Waals surface area contributed by atoms with E-state index in [1.807, 2.05) is 59.1 Å². The monoisotopic (exact) mass is 424 g/mol. The fourth-order valence-electron chi connectivity index (χ4n) is 3.88. The Hall–Kier alpha value is -4.04. The number of oxazole rings is 1. The minimum atomic E-state index is 0.479. The molecule has 6 rings (SSSR count). The fourth-order valence-corrected chi connectivity index (χ4v) is 3.88. The van der Waals surface area contributed by atoms with Crippen molar-refractivity contribution >= 4 is 11.5 Å². The topological polar surface area (TPSA) is 81.6 Å². The summed E-state index contributed by atoms with van der Waals surface area (Å²) in [7, 11) is 0. The molecule has 8 heteroatoms. The number of hydrogen-bond acceptors (Lipinski definition) is 7. The van der Waals surface area contributed by atoms with Gasteiger partial charge in [-0.2, -0.15) is 9.61 Å². The highest BCUT2D eigenvalue weighted by Gasteiger charge is 2.20. The average Bonchev–Trinajstić information content (AvgIpc) is 3.53. The molecule has 0 radical (unpaired) electrons. The summed E-state index contributed by atoms with van der Waals surface area (Å²) in [6.07, 6.45) is 5.20. The van der Waals surface area contributed by atoms with Crippen LogP contribution in [0.15, 0.2) is 77.7 Å². The molecule has 5 aromatic rings. The van der Waals surface area contributed by atoms with Crippen LogP contribution in [0.25, 0.3) is 39.7 Å². The molecular weight excluding hydrogens is 404 g/mol. The number of ether oxygens (including phenoxy) is 1. The molecule has 0 unspecified atom stereocenters. The van der Waals surface area contributed by atoms with Gasteiger partial charge in [0.2, 0.25) is 5.89 Å². The van der Waals surface area contributed by atoms with E-state index in [2.05, 4.69) is 9.88 Å². The zero-order valence-electron chi connectivity index (χ0n) is 17.3. The summed E-state index contributed by atoms with van der Waals surface area (Å²) in [4.78, 5) is 15.9. The Morgan fingerprint density at radius 3 is 2.38 bits per heavy atom. The lowest BCUT2D eigenvalue weighted by atomic mass is 10.2. The lowest BCUT2D eigenvalue weighted by Gasteiger charge is -2.29. The maximum absolute atomic E-state index is 5.83. The number of nitrogens with zero attached hydrogens (tertiary/aromatic N) is 6. The molecule has 0 atom stereocenters. The van der Waals surface area contributed by atoms with E-state index in [0.717, 1.165) is 47.1 Å². The van der Waals surface area contributed by atoms with Crippen LogP contribution in [-0.2, 0) is 4.74 Å². The molecule has 32 heavy (non-hydrogen) atoms. The van der Waals surface area contributed by atoms with Gasteiger partial charge in [0.15, 0.2) is 5.65 Å².